The average molecular weight is 393 g/mol. The largest absolute Gasteiger partial charge is 0.298 e. The minimum absolute atomic E-state index is 0.00257. The monoisotopic (exact) mass is 392 g/mol. The first-order chi connectivity index (χ1) is 14.2. The second-order valence-electron chi connectivity index (χ2n) is 8.94. The lowest BCUT2D eigenvalue weighted by Crippen LogP contribution is -2.58. The number of nitrogens with one attached hydrogen (secondary N) is 1. The van der Waals surface area contributed by atoms with Gasteiger partial charge in [0.15, 0.2) is 0 Å². The van der Waals surface area contributed by atoms with Crippen LogP contribution < -0.4 is 0 Å². The Morgan fingerprint density at radius 1 is 1.10 bits per heavy atom. The molecule has 1 saturated heterocycles. The summed E-state index contributed by atoms with van der Waals surface area (Å²) >= 11 is 0. The van der Waals surface area contributed by atoms with Crippen LogP contribution in [0, 0.1) is 17.7 Å². The lowest BCUT2D eigenvalue weighted by molar-refractivity contribution is -0.0144. The van der Waals surface area contributed by atoms with Crippen LogP contribution in [0.1, 0.15) is 50.2 Å². The number of halogens is 1. The van der Waals surface area contributed by atoms with Crippen LogP contribution in [0.4, 0.5) is 4.39 Å². The molecule has 29 heavy (non-hydrogen) atoms. The maximum atomic E-state index is 14.6. The smallest absolute Gasteiger partial charge is 0.125 e. The van der Waals surface area contributed by atoms with Crippen molar-refractivity contribution in [3.63, 3.8) is 0 Å². The third-order valence-electron chi connectivity index (χ3n) is 7.32. The maximum Gasteiger partial charge on any atom is 0.125 e. The van der Waals surface area contributed by atoms with Crippen LogP contribution in [-0.4, -0.2) is 33.4 Å². The molecule has 2 aromatic carbocycles. The summed E-state index contributed by atoms with van der Waals surface area (Å²) in [7, 11) is 0. The Bertz CT molecular complexity index is 969. The second kappa shape index (κ2) is 7.52. The van der Waals surface area contributed by atoms with Crippen molar-refractivity contribution in [3.05, 3.63) is 59.4 Å². The third kappa shape index (κ3) is 3.16. The van der Waals surface area contributed by atoms with Gasteiger partial charge in [-0.25, -0.2) is 4.39 Å². The van der Waals surface area contributed by atoms with Gasteiger partial charge in [-0.1, -0.05) is 50.1 Å². The highest BCUT2D eigenvalue weighted by atomic mass is 19.1. The van der Waals surface area contributed by atoms with Gasteiger partial charge in [-0.05, 0) is 48.3 Å². The molecule has 4 nitrogen and oxygen atoms in total. The molecule has 1 aliphatic carbocycles. The number of nitrogens with zero attached hydrogens (tertiary/aromatic N) is 3. The average Bonchev–Trinajstić information content (AvgIpc) is 3.17. The van der Waals surface area contributed by atoms with Crippen LogP contribution in [-0.2, 0) is 12.0 Å². The number of fused-ring (bicyclic) bond motifs is 3. The number of hydrogen-bond acceptors (Lipinski definition) is 3. The molecule has 5 heteroatoms. The zero-order valence-corrected chi connectivity index (χ0v) is 17.1. The first kappa shape index (κ1) is 18.7. The van der Waals surface area contributed by atoms with E-state index >= 15 is 0 Å². The van der Waals surface area contributed by atoms with E-state index in [1.807, 2.05) is 0 Å². The minimum atomic E-state index is -0.193. The molecular formula is C24H29FN4. The zero-order chi connectivity index (χ0) is 19.8. The second-order valence-corrected chi connectivity index (χ2v) is 8.94. The lowest BCUT2D eigenvalue weighted by Gasteiger charge is -2.57. The Morgan fingerprint density at radius 2 is 1.86 bits per heavy atom. The Labute approximate surface area is 171 Å². The molecule has 5 rings (SSSR count). The van der Waals surface area contributed by atoms with Gasteiger partial charge in [-0.15, -0.1) is 0 Å². The molecule has 2 heterocycles. The van der Waals surface area contributed by atoms with Gasteiger partial charge < -0.3 is 0 Å². The van der Waals surface area contributed by atoms with E-state index in [1.165, 1.54) is 30.9 Å². The summed E-state index contributed by atoms with van der Waals surface area (Å²) in [5.74, 6) is 0.863. The molecule has 3 aromatic rings. The van der Waals surface area contributed by atoms with Crippen molar-refractivity contribution in [1.29, 1.82) is 0 Å². The van der Waals surface area contributed by atoms with Gasteiger partial charge in [0.1, 0.15) is 16.9 Å². The van der Waals surface area contributed by atoms with Gasteiger partial charge in [0.25, 0.3) is 0 Å². The van der Waals surface area contributed by atoms with E-state index in [4.69, 9.17) is 0 Å². The summed E-state index contributed by atoms with van der Waals surface area (Å²) in [6.07, 6.45) is 5.88. The van der Waals surface area contributed by atoms with Gasteiger partial charge >= 0.3 is 0 Å². The summed E-state index contributed by atoms with van der Waals surface area (Å²) in [6.45, 7) is 5.40. The van der Waals surface area contributed by atoms with Crippen molar-refractivity contribution in [1.82, 2.24) is 20.3 Å². The van der Waals surface area contributed by atoms with Gasteiger partial charge in [0.05, 0.1) is 0 Å². The first-order valence-electron chi connectivity index (χ1n) is 11.0. The number of H-pyrrole nitrogens is 1. The summed E-state index contributed by atoms with van der Waals surface area (Å²) < 4.78 is 14.6. The molecule has 2 aliphatic rings. The number of rotatable bonds is 5. The number of aromatic amines is 1. The SMILES string of the molecule is CCCC1(c2cc(F)cc3n[nH]nc23)C2CCCC1CN(Cc1ccccc1)C2. The molecule has 2 atom stereocenters. The number of likely N-dealkylation sites (tertiary alicyclic amines) is 1. The standard InChI is InChI=1S/C24H29FN4/c1-2-11-24(21-12-20(25)13-22-23(21)27-28-26-22)18-9-6-10-19(24)16-29(15-18)14-17-7-4-3-5-8-17/h3-5,7-8,12-13,18-19H,2,6,9-11,14-16H2,1H3,(H,26,27,28). The zero-order valence-electron chi connectivity index (χ0n) is 17.1. The van der Waals surface area contributed by atoms with Crippen LogP contribution >= 0.6 is 0 Å². The van der Waals surface area contributed by atoms with E-state index in [9.17, 15) is 4.39 Å². The van der Waals surface area contributed by atoms with Crippen LogP contribution in [0.15, 0.2) is 42.5 Å². The Kier molecular flexibility index (Phi) is 4.86. The fourth-order valence-electron chi connectivity index (χ4n) is 6.30. The fourth-order valence-corrected chi connectivity index (χ4v) is 6.30. The van der Waals surface area contributed by atoms with E-state index in [-0.39, 0.29) is 11.2 Å². The topological polar surface area (TPSA) is 44.8 Å². The predicted octanol–water partition coefficient (Wildman–Crippen LogP) is 5.07. The van der Waals surface area contributed by atoms with Crippen molar-refractivity contribution in [2.45, 2.75) is 51.0 Å². The molecule has 0 amide bonds. The molecule has 0 radical (unpaired) electrons. The number of aromatic nitrogens is 3. The van der Waals surface area contributed by atoms with Gasteiger partial charge in [-0.2, -0.15) is 15.4 Å². The fraction of sp³-hybridized carbons (Fsp3) is 0.500. The van der Waals surface area contributed by atoms with E-state index in [1.54, 1.807) is 6.07 Å². The van der Waals surface area contributed by atoms with Crippen molar-refractivity contribution < 1.29 is 4.39 Å². The normalized spacial score (nSPS) is 27.4. The molecule has 1 aliphatic heterocycles. The predicted molar refractivity (Wildman–Crippen MR) is 113 cm³/mol. The molecular weight excluding hydrogens is 363 g/mol. The number of hydrogen-bond donors (Lipinski definition) is 1. The van der Waals surface area contributed by atoms with Gasteiger partial charge in [0, 0.05) is 31.1 Å². The summed E-state index contributed by atoms with van der Waals surface area (Å²) in [4.78, 5) is 2.62. The Balaban J connectivity index is 1.55. The molecule has 1 aromatic heterocycles. The van der Waals surface area contributed by atoms with Crippen molar-refractivity contribution in [2.75, 3.05) is 13.1 Å². The highest BCUT2D eigenvalue weighted by molar-refractivity contribution is 5.79. The number of piperidine rings is 1. The quantitative estimate of drug-likeness (QED) is 0.659. The molecule has 2 fully saturated rings. The van der Waals surface area contributed by atoms with Gasteiger partial charge in [0.2, 0.25) is 0 Å². The van der Waals surface area contributed by atoms with Crippen LogP contribution in [0.2, 0.25) is 0 Å². The van der Waals surface area contributed by atoms with Crippen molar-refractivity contribution >= 4 is 11.0 Å². The van der Waals surface area contributed by atoms with Crippen molar-refractivity contribution in [2.24, 2.45) is 11.8 Å². The van der Waals surface area contributed by atoms with E-state index in [2.05, 4.69) is 57.6 Å². The van der Waals surface area contributed by atoms with Gasteiger partial charge in [-0.3, -0.25) is 4.90 Å². The Hall–Kier alpha value is -2.27. The highest BCUT2D eigenvalue weighted by Gasteiger charge is 2.52. The van der Waals surface area contributed by atoms with Crippen molar-refractivity contribution in [3.8, 4) is 0 Å². The summed E-state index contributed by atoms with van der Waals surface area (Å²) in [5, 5.41) is 11.4. The van der Waals surface area contributed by atoms with E-state index < -0.39 is 0 Å². The Morgan fingerprint density at radius 3 is 2.59 bits per heavy atom. The molecule has 0 spiro atoms. The summed E-state index contributed by atoms with van der Waals surface area (Å²) in [5.41, 5.74) is 3.99. The highest BCUT2D eigenvalue weighted by Crippen LogP contribution is 2.55. The maximum absolute atomic E-state index is 14.6. The molecule has 1 N–H and O–H groups in total. The van der Waals surface area contributed by atoms with Crippen LogP contribution in [0.25, 0.3) is 11.0 Å². The van der Waals surface area contributed by atoms with Crippen LogP contribution in [0.3, 0.4) is 0 Å². The number of benzene rings is 2. The van der Waals surface area contributed by atoms with Crippen LogP contribution in [0.5, 0.6) is 0 Å². The molecule has 2 unspecified atom stereocenters. The molecule has 1 saturated carbocycles. The van der Waals surface area contributed by atoms with E-state index in [0.29, 0.717) is 17.4 Å². The first-order valence-corrected chi connectivity index (χ1v) is 11.0. The minimum Gasteiger partial charge on any atom is -0.298 e. The molecule has 152 valence electrons. The molecule has 2 bridgehead atoms. The van der Waals surface area contributed by atoms with E-state index in [0.717, 1.165) is 43.6 Å². The lowest BCUT2D eigenvalue weighted by atomic mass is 9.53. The summed E-state index contributed by atoms with van der Waals surface area (Å²) in [6, 6.07) is 14.0. The third-order valence-corrected chi connectivity index (χ3v) is 7.32.